The van der Waals surface area contributed by atoms with Crippen LogP contribution >= 0.6 is 24.0 Å². The highest BCUT2D eigenvalue weighted by Crippen LogP contribution is 2.32. The summed E-state index contributed by atoms with van der Waals surface area (Å²) >= 11 is 6.53. The number of thiocarbonyl (C=S) groups is 1. The number of benzene rings is 1. The molecule has 1 aliphatic carbocycles. The van der Waals surface area contributed by atoms with Crippen LogP contribution in [-0.4, -0.2) is 33.6 Å². The lowest BCUT2D eigenvalue weighted by molar-refractivity contribution is -0.124. The molecule has 7 heteroatoms. The van der Waals surface area contributed by atoms with Crippen molar-refractivity contribution in [2.75, 3.05) is 6.54 Å². The molecule has 28 heavy (non-hydrogen) atoms. The summed E-state index contributed by atoms with van der Waals surface area (Å²) in [6.45, 7) is 0.282. The van der Waals surface area contributed by atoms with Crippen molar-refractivity contribution in [3.8, 4) is 0 Å². The third-order valence-corrected chi connectivity index (χ3v) is 6.45. The number of amides is 2. The first kappa shape index (κ1) is 21.0. The largest absolute Gasteiger partial charge is 0.353 e. The Balaban J connectivity index is 1.52. The minimum Gasteiger partial charge on any atom is -0.353 e. The second kappa shape index (κ2) is 10.2. The molecular weight excluding hydrogens is 395 g/mol. The number of rotatable bonds is 5. The second-order valence-corrected chi connectivity index (χ2v) is 8.92. The summed E-state index contributed by atoms with van der Waals surface area (Å²) in [6, 6.07) is 6.19. The van der Waals surface area contributed by atoms with Crippen LogP contribution in [0.1, 0.15) is 56.9 Å². The maximum Gasteiger partial charge on any atom is 0.266 e. The molecule has 4 nitrogen and oxygen atoms in total. The Hall–Kier alpha value is -1.73. The van der Waals surface area contributed by atoms with E-state index in [-0.39, 0.29) is 36.6 Å². The molecule has 150 valence electrons. The van der Waals surface area contributed by atoms with Gasteiger partial charge in [-0.2, -0.15) is 0 Å². The summed E-state index contributed by atoms with van der Waals surface area (Å²) in [5, 5.41) is 3.12. The molecule has 0 spiro atoms. The van der Waals surface area contributed by atoms with Crippen LogP contribution < -0.4 is 5.32 Å². The Morgan fingerprint density at radius 1 is 1.18 bits per heavy atom. The van der Waals surface area contributed by atoms with Crippen molar-refractivity contribution in [1.29, 1.82) is 0 Å². The average Bonchev–Trinajstić information content (AvgIpc) is 2.90. The maximum atomic E-state index is 13.0. The molecule has 0 atom stereocenters. The average molecular weight is 421 g/mol. The zero-order valence-corrected chi connectivity index (χ0v) is 17.4. The highest BCUT2D eigenvalue weighted by molar-refractivity contribution is 8.26. The minimum atomic E-state index is -0.319. The Morgan fingerprint density at radius 3 is 2.50 bits per heavy atom. The smallest absolute Gasteiger partial charge is 0.266 e. The van der Waals surface area contributed by atoms with E-state index in [9.17, 15) is 14.0 Å². The van der Waals surface area contributed by atoms with Crippen molar-refractivity contribution in [3.05, 3.63) is 40.6 Å². The summed E-state index contributed by atoms with van der Waals surface area (Å²) in [5.41, 5.74) is 0.740. The van der Waals surface area contributed by atoms with Crippen LogP contribution in [0.5, 0.6) is 0 Å². The van der Waals surface area contributed by atoms with Crippen molar-refractivity contribution in [2.45, 2.75) is 57.4 Å². The van der Waals surface area contributed by atoms with Gasteiger partial charge in [-0.15, -0.1) is 0 Å². The van der Waals surface area contributed by atoms with Gasteiger partial charge in [0.1, 0.15) is 10.1 Å². The molecule has 0 bridgehead atoms. The fourth-order valence-electron chi connectivity index (χ4n) is 3.52. The van der Waals surface area contributed by atoms with E-state index in [1.165, 1.54) is 48.1 Å². The van der Waals surface area contributed by atoms with Crippen LogP contribution in [0.4, 0.5) is 4.39 Å². The zero-order valence-electron chi connectivity index (χ0n) is 15.8. The van der Waals surface area contributed by atoms with Crippen LogP contribution in [-0.2, 0) is 9.59 Å². The van der Waals surface area contributed by atoms with Gasteiger partial charge in [0.25, 0.3) is 5.91 Å². The molecule has 1 aromatic rings. The maximum absolute atomic E-state index is 13.0. The Bertz CT molecular complexity index is 756. The Morgan fingerprint density at radius 2 is 1.82 bits per heavy atom. The monoisotopic (exact) mass is 420 g/mol. The summed E-state index contributed by atoms with van der Waals surface area (Å²) < 4.78 is 13.5. The molecule has 3 rings (SSSR count). The van der Waals surface area contributed by atoms with Gasteiger partial charge in [-0.1, -0.05) is 68.2 Å². The van der Waals surface area contributed by atoms with Gasteiger partial charge in [0.2, 0.25) is 5.91 Å². The van der Waals surface area contributed by atoms with E-state index in [0.29, 0.717) is 9.23 Å². The number of hydrogen-bond acceptors (Lipinski definition) is 4. The minimum absolute atomic E-state index is 0.0258. The van der Waals surface area contributed by atoms with Crippen molar-refractivity contribution >= 4 is 46.2 Å². The third-order valence-electron chi connectivity index (χ3n) is 5.07. The molecule has 0 unspecified atom stereocenters. The van der Waals surface area contributed by atoms with E-state index in [1.54, 1.807) is 18.2 Å². The first-order valence-electron chi connectivity index (χ1n) is 9.83. The third kappa shape index (κ3) is 5.88. The van der Waals surface area contributed by atoms with E-state index < -0.39 is 0 Å². The fourth-order valence-corrected chi connectivity index (χ4v) is 4.83. The van der Waals surface area contributed by atoms with Gasteiger partial charge in [-0.25, -0.2) is 4.39 Å². The van der Waals surface area contributed by atoms with Gasteiger partial charge in [0.05, 0.1) is 4.91 Å². The normalized spacial score (nSPS) is 20.3. The number of hydrogen-bond donors (Lipinski definition) is 1. The quantitative estimate of drug-likeness (QED) is 0.557. The van der Waals surface area contributed by atoms with Crippen LogP contribution in [0, 0.1) is 5.82 Å². The van der Waals surface area contributed by atoms with E-state index in [1.807, 2.05) is 0 Å². The molecule has 0 aromatic heterocycles. The van der Waals surface area contributed by atoms with Crippen LogP contribution in [0.25, 0.3) is 6.08 Å². The van der Waals surface area contributed by atoms with E-state index in [4.69, 9.17) is 12.2 Å². The summed E-state index contributed by atoms with van der Waals surface area (Å²) in [7, 11) is 0. The van der Waals surface area contributed by atoms with Crippen LogP contribution in [0.3, 0.4) is 0 Å². The topological polar surface area (TPSA) is 49.4 Å². The molecular formula is C21H25FN2O2S2. The van der Waals surface area contributed by atoms with Gasteiger partial charge in [-0.05, 0) is 36.6 Å². The van der Waals surface area contributed by atoms with Gasteiger partial charge in [-0.3, -0.25) is 14.5 Å². The van der Waals surface area contributed by atoms with Crippen LogP contribution in [0.2, 0.25) is 0 Å². The number of nitrogens with one attached hydrogen (secondary N) is 1. The second-order valence-electron chi connectivity index (χ2n) is 7.24. The number of carbonyl (C=O) groups is 2. The first-order valence-corrected chi connectivity index (χ1v) is 11.1. The number of thioether (sulfide) groups is 1. The van der Waals surface area contributed by atoms with Gasteiger partial charge < -0.3 is 5.32 Å². The zero-order chi connectivity index (χ0) is 19.9. The van der Waals surface area contributed by atoms with Gasteiger partial charge in [0, 0.05) is 19.0 Å². The van der Waals surface area contributed by atoms with Crippen molar-refractivity contribution in [1.82, 2.24) is 10.2 Å². The SMILES string of the molecule is O=C(CCN1C(=O)C(=Cc2ccc(F)cc2)SC1=S)NC1CCCCCCC1. The molecule has 1 aliphatic heterocycles. The Kier molecular flexibility index (Phi) is 7.62. The van der Waals surface area contributed by atoms with Gasteiger partial charge in [0.15, 0.2) is 0 Å². The number of nitrogens with zero attached hydrogens (tertiary/aromatic N) is 1. The fraction of sp³-hybridized carbons (Fsp3) is 0.476. The molecule has 2 fully saturated rings. The predicted octanol–water partition coefficient (Wildman–Crippen LogP) is 4.65. The lowest BCUT2D eigenvalue weighted by Crippen LogP contribution is -2.38. The molecule has 1 N–H and O–H groups in total. The highest BCUT2D eigenvalue weighted by atomic mass is 32.2. The van der Waals surface area contributed by atoms with Crippen molar-refractivity contribution in [2.24, 2.45) is 0 Å². The van der Waals surface area contributed by atoms with Crippen LogP contribution in [0.15, 0.2) is 29.2 Å². The lowest BCUT2D eigenvalue weighted by Gasteiger charge is -2.21. The standard InChI is InChI=1S/C21H25FN2O2S2/c22-16-10-8-15(9-11-16)14-18-20(26)24(21(27)28-18)13-12-19(25)23-17-6-4-2-1-3-5-7-17/h8-11,14,17H,1-7,12-13H2,(H,23,25). The number of carbonyl (C=O) groups excluding carboxylic acids is 2. The van der Waals surface area contributed by atoms with Gasteiger partial charge >= 0.3 is 0 Å². The summed E-state index contributed by atoms with van der Waals surface area (Å²) in [5.74, 6) is -0.541. The number of halogens is 1. The summed E-state index contributed by atoms with van der Waals surface area (Å²) in [6.07, 6.45) is 10.1. The molecule has 0 radical (unpaired) electrons. The van der Waals surface area contributed by atoms with E-state index in [2.05, 4.69) is 5.32 Å². The molecule has 2 aliphatic rings. The molecule has 2 amide bonds. The molecule has 1 saturated carbocycles. The molecule has 1 aromatic carbocycles. The first-order chi connectivity index (χ1) is 13.5. The van der Waals surface area contributed by atoms with E-state index in [0.717, 1.165) is 31.2 Å². The van der Waals surface area contributed by atoms with E-state index >= 15 is 0 Å². The van der Waals surface area contributed by atoms with Crippen molar-refractivity contribution < 1.29 is 14.0 Å². The highest BCUT2D eigenvalue weighted by Gasteiger charge is 2.32. The molecule has 1 heterocycles. The summed E-state index contributed by atoms with van der Waals surface area (Å²) in [4.78, 5) is 26.9. The Labute approximate surface area is 174 Å². The molecule has 1 saturated heterocycles. The lowest BCUT2D eigenvalue weighted by atomic mass is 9.96. The predicted molar refractivity (Wildman–Crippen MR) is 115 cm³/mol. The van der Waals surface area contributed by atoms with Crippen molar-refractivity contribution in [3.63, 3.8) is 0 Å².